The van der Waals surface area contributed by atoms with Gasteiger partial charge >= 0.3 is 0 Å². The van der Waals surface area contributed by atoms with E-state index in [0.717, 1.165) is 41.4 Å². The summed E-state index contributed by atoms with van der Waals surface area (Å²) in [7, 11) is 0. The predicted molar refractivity (Wildman–Crippen MR) is 120 cm³/mol. The predicted octanol–water partition coefficient (Wildman–Crippen LogP) is 4.49. The van der Waals surface area contributed by atoms with Crippen LogP contribution < -0.4 is 5.32 Å². The van der Waals surface area contributed by atoms with Crippen molar-refractivity contribution in [1.82, 2.24) is 19.8 Å². The Kier molecular flexibility index (Phi) is 5.30. The van der Waals surface area contributed by atoms with Gasteiger partial charge in [-0.15, -0.1) is 0 Å². The van der Waals surface area contributed by atoms with Crippen LogP contribution in [0.15, 0.2) is 71.3 Å². The molecule has 1 amide bonds. The number of nitrogens with zero attached hydrogens (tertiary/aromatic N) is 3. The molecular formula is C25H26N4O2. The van der Waals surface area contributed by atoms with Gasteiger partial charge in [-0.3, -0.25) is 14.3 Å². The first-order valence-corrected chi connectivity index (χ1v) is 10.8. The Bertz CT molecular complexity index is 1180. The van der Waals surface area contributed by atoms with E-state index in [9.17, 15) is 4.79 Å². The minimum atomic E-state index is -0.0930. The average molecular weight is 415 g/mol. The summed E-state index contributed by atoms with van der Waals surface area (Å²) in [5.74, 6) is 1.70. The first-order chi connectivity index (χ1) is 15.2. The van der Waals surface area contributed by atoms with E-state index >= 15 is 0 Å². The van der Waals surface area contributed by atoms with Crippen LogP contribution in [0.4, 0.5) is 0 Å². The summed E-state index contributed by atoms with van der Waals surface area (Å²) in [6.45, 7) is 4.56. The number of para-hydroxylation sites is 1. The van der Waals surface area contributed by atoms with Gasteiger partial charge in [-0.25, -0.2) is 4.98 Å². The molecule has 0 unspecified atom stereocenters. The smallest absolute Gasteiger partial charge is 0.251 e. The van der Waals surface area contributed by atoms with Crippen molar-refractivity contribution in [3.8, 4) is 5.69 Å². The van der Waals surface area contributed by atoms with Crippen LogP contribution >= 0.6 is 0 Å². The Hall–Kier alpha value is -3.38. The number of furan rings is 1. The van der Waals surface area contributed by atoms with E-state index in [1.54, 1.807) is 6.26 Å². The lowest BCUT2D eigenvalue weighted by Crippen LogP contribution is -2.36. The highest BCUT2D eigenvalue weighted by atomic mass is 16.3. The molecule has 0 radical (unpaired) electrons. The molecule has 31 heavy (non-hydrogen) atoms. The highest BCUT2D eigenvalue weighted by molar-refractivity contribution is 5.97. The SMILES string of the molecule is Cc1nc2cc(C(=O)NC[C@@H](c3ccco3)N3CCCC3)ccc2n1-c1ccccc1. The number of carbonyl (C=O) groups excluding carboxylic acids is 1. The molecule has 1 fully saturated rings. The fourth-order valence-electron chi connectivity index (χ4n) is 4.48. The fraction of sp³-hybridized carbons (Fsp3) is 0.280. The van der Waals surface area contributed by atoms with E-state index in [2.05, 4.69) is 26.9 Å². The van der Waals surface area contributed by atoms with E-state index in [0.29, 0.717) is 12.1 Å². The van der Waals surface area contributed by atoms with Gasteiger partial charge in [-0.1, -0.05) is 18.2 Å². The van der Waals surface area contributed by atoms with Crippen molar-refractivity contribution in [2.75, 3.05) is 19.6 Å². The Morgan fingerprint density at radius 2 is 1.90 bits per heavy atom. The van der Waals surface area contributed by atoms with Gasteiger partial charge in [0.05, 0.1) is 23.3 Å². The maximum atomic E-state index is 12.9. The molecule has 1 N–H and O–H groups in total. The van der Waals surface area contributed by atoms with Crippen molar-refractivity contribution in [1.29, 1.82) is 0 Å². The molecule has 1 saturated heterocycles. The van der Waals surface area contributed by atoms with Crippen molar-refractivity contribution >= 4 is 16.9 Å². The monoisotopic (exact) mass is 414 g/mol. The number of aromatic nitrogens is 2. The third-order valence-electron chi connectivity index (χ3n) is 6.01. The van der Waals surface area contributed by atoms with Crippen molar-refractivity contribution in [3.05, 3.63) is 84.1 Å². The zero-order valence-electron chi connectivity index (χ0n) is 17.6. The molecule has 0 saturated carbocycles. The number of hydrogen-bond acceptors (Lipinski definition) is 4. The van der Waals surface area contributed by atoms with E-state index in [4.69, 9.17) is 9.40 Å². The third kappa shape index (κ3) is 3.86. The lowest BCUT2D eigenvalue weighted by atomic mass is 10.1. The summed E-state index contributed by atoms with van der Waals surface area (Å²) in [6, 6.07) is 19.8. The largest absolute Gasteiger partial charge is 0.468 e. The molecule has 1 aliphatic rings. The maximum Gasteiger partial charge on any atom is 0.251 e. The number of fused-ring (bicyclic) bond motifs is 1. The minimum Gasteiger partial charge on any atom is -0.468 e. The van der Waals surface area contributed by atoms with Gasteiger partial charge in [-0.2, -0.15) is 0 Å². The Morgan fingerprint density at radius 1 is 1.10 bits per heavy atom. The topological polar surface area (TPSA) is 63.3 Å². The van der Waals surface area contributed by atoms with Crippen LogP contribution in [0.3, 0.4) is 0 Å². The maximum absolute atomic E-state index is 12.9. The number of aryl methyl sites for hydroxylation is 1. The molecule has 5 rings (SSSR count). The van der Waals surface area contributed by atoms with Crippen LogP contribution in [0, 0.1) is 6.92 Å². The van der Waals surface area contributed by atoms with Crippen LogP contribution in [0.2, 0.25) is 0 Å². The standard InChI is InChI=1S/C25H26N4O2/c1-18-27-21-16-19(11-12-22(21)29(18)20-8-3-2-4-9-20)25(30)26-17-23(24-10-7-15-31-24)28-13-5-6-14-28/h2-4,7-12,15-16,23H,5-6,13-14,17H2,1H3,(H,26,30)/t23-/m0/s1. The molecule has 6 nitrogen and oxygen atoms in total. The highest BCUT2D eigenvalue weighted by Crippen LogP contribution is 2.26. The summed E-state index contributed by atoms with van der Waals surface area (Å²) < 4.78 is 7.76. The molecule has 0 bridgehead atoms. The van der Waals surface area contributed by atoms with Crippen LogP contribution in [-0.4, -0.2) is 40.0 Å². The molecule has 3 heterocycles. The molecule has 6 heteroatoms. The van der Waals surface area contributed by atoms with Gasteiger partial charge in [0.1, 0.15) is 11.6 Å². The number of rotatable bonds is 6. The first kappa shape index (κ1) is 19.6. The normalized spacial score (nSPS) is 15.4. The van der Waals surface area contributed by atoms with Crippen molar-refractivity contribution in [2.24, 2.45) is 0 Å². The van der Waals surface area contributed by atoms with Gasteiger partial charge in [0.25, 0.3) is 5.91 Å². The third-order valence-corrected chi connectivity index (χ3v) is 6.01. The summed E-state index contributed by atoms with van der Waals surface area (Å²) >= 11 is 0. The van der Waals surface area contributed by atoms with Crippen molar-refractivity contribution < 1.29 is 9.21 Å². The van der Waals surface area contributed by atoms with Gasteiger partial charge in [0.2, 0.25) is 0 Å². The number of hydrogen-bond donors (Lipinski definition) is 1. The van der Waals surface area contributed by atoms with Gasteiger partial charge in [0, 0.05) is 17.8 Å². The molecule has 1 atom stereocenters. The van der Waals surface area contributed by atoms with Crippen LogP contribution in [-0.2, 0) is 0 Å². The van der Waals surface area contributed by atoms with Gasteiger partial charge in [-0.05, 0) is 75.3 Å². The Balaban J connectivity index is 1.36. The molecular weight excluding hydrogens is 388 g/mol. The summed E-state index contributed by atoms with van der Waals surface area (Å²) in [5, 5.41) is 3.11. The van der Waals surface area contributed by atoms with Crippen molar-refractivity contribution in [3.63, 3.8) is 0 Å². The molecule has 2 aromatic heterocycles. The molecule has 0 aliphatic carbocycles. The van der Waals surface area contributed by atoms with E-state index in [-0.39, 0.29) is 11.9 Å². The summed E-state index contributed by atoms with van der Waals surface area (Å²) in [6.07, 6.45) is 4.07. The minimum absolute atomic E-state index is 0.0599. The van der Waals surface area contributed by atoms with Crippen LogP contribution in [0.25, 0.3) is 16.7 Å². The summed E-state index contributed by atoms with van der Waals surface area (Å²) in [5.41, 5.74) is 3.48. The van der Waals surface area contributed by atoms with E-state index in [1.807, 2.05) is 55.5 Å². The van der Waals surface area contributed by atoms with Crippen molar-refractivity contribution in [2.45, 2.75) is 25.8 Å². The number of likely N-dealkylation sites (tertiary alicyclic amines) is 1. The molecule has 2 aromatic carbocycles. The van der Waals surface area contributed by atoms with E-state index < -0.39 is 0 Å². The summed E-state index contributed by atoms with van der Waals surface area (Å²) in [4.78, 5) is 20.0. The molecule has 158 valence electrons. The second kappa shape index (κ2) is 8.40. The molecule has 4 aromatic rings. The Labute approximate surface area is 181 Å². The quantitative estimate of drug-likeness (QED) is 0.505. The number of amides is 1. The number of imidazole rings is 1. The van der Waals surface area contributed by atoms with Gasteiger partial charge < -0.3 is 9.73 Å². The average Bonchev–Trinajstić information content (AvgIpc) is 3.55. The second-order valence-electron chi connectivity index (χ2n) is 8.02. The lowest BCUT2D eigenvalue weighted by Gasteiger charge is -2.26. The second-order valence-corrected chi connectivity index (χ2v) is 8.02. The van der Waals surface area contributed by atoms with Crippen LogP contribution in [0.5, 0.6) is 0 Å². The first-order valence-electron chi connectivity index (χ1n) is 10.8. The zero-order valence-corrected chi connectivity index (χ0v) is 17.6. The molecule has 0 spiro atoms. The van der Waals surface area contributed by atoms with Gasteiger partial charge in [0.15, 0.2) is 0 Å². The fourth-order valence-corrected chi connectivity index (χ4v) is 4.48. The zero-order chi connectivity index (χ0) is 21.2. The number of nitrogens with one attached hydrogen (secondary N) is 1. The Morgan fingerprint density at radius 3 is 2.65 bits per heavy atom. The number of benzene rings is 2. The highest BCUT2D eigenvalue weighted by Gasteiger charge is 2.26. The van der Waals surface area contributed by atoms with Crippen LogP contribution in [0.1, 0.15) is 40.8 Å². The number of carbonyl (C=O) groups is 1. The molecule has 1 aliphatic heterocycles. The lowest BCUT2D eigenvalue weighted by molar-refractivity contribution is 0.0934. The van der Waals surface area contributed by atoms with E-state index in [1.165, 1.54) is 12.8 Å².